The van der Waals surface area contributed by atoms with Gasteiger partial charge in [-0.25, -0.2) is 4.98 Å². The second-order valence-corrected chi connectivity index (χ2v) is 7.90. The van der Waals surface area contributed by atoms with E-state index in [1.165, 1.54) is 0 Å². The maximum absolute atomic E-state index is 10.1. The van der Waals surface area contributed by atoms with Gasteiger partial charge in [-0.1, -0.05) is 41.9 Å². The van der Waals surface area contributed by atoms with Crippen molar-refractivity contribution in [3.8, 4) is 11.6 Å². The molecule has 0 amide bonds. The highest BCUT2D eigenvalue weighted by Gasteiger charge is 2.29. The zero-order valence-electron chi connectivity index (χ0n) is 16.4. The summed E-state index contributed by atoms with van der Waals surface area (Å²) in [6.07, 6.45) is 2.25. The lowest BCUT2D eigenvalue weighted by Gasteiger charge is -2.32. The van der Waals surface area contributed by atoms with Gasteiger partial charge in [0.1, 0.15) is 5.75 Å². The van der Waals surface area contributed by atoms with E-state index < -0.39 is 6.10 Å². The van der Waals surface area contributed by atoms with Crippen LogP contribution in [0, 0.1) is 0 Å². The molecule has 1 aromatic heterocycles. The van der Waals surface area contributed by atoms with Gasteiger partial charge in [-0.3, -0.25) is 0 Å². The number of pyridine rings is 1. The second-order valence-electron chi connectivity index (χ2n) is 7.50. The van der Waals surface area contributed by atoms with E-state index in [0.717, 1.165) is 22.4 Å². The first-order chi connectivity index (χ1) is 14.6. The van der Waals surface area contributed by atoms with E-state index in [1.807, 2.05) is 60.7 Å². The first-order valence-corrected chi connectivity index (χ1v) is 10.4. The number of aliphatic hydroxyl groups excluding tert-OH is 2. The molecule has 1 aliphatic rings. The molecule has 2 N–H and O–H groups in total. The van der Waals surface area contributed by atoms with Crippen LogP contribution in [-0.2, 0) is 11.2 Å². The summed E-state index contributed by atoms with van der Waals surface area (Å²) in [6, 6.07) is 19.2. The standard InChI is InChI=1S/C24H24ClNO4/c25-22-9-6-17(23-14-19(28)13-21(15-27)29-23)12-18(22)11-16-4-7-20(8-5-16)30-24-3-1-2-10-26-24/h1-10,12,19,21,23,27-28H,11,13-15H2. The Morgan fingerprint density at radius 3 is 2.63 bits per heavy atom. The highest BCUT2D eigenvalue weighted by atomic mass is 35.5. The summed E-state index contributed by atoms with van der Waals surface area (Å²) in [5.41, 5.74) is 3.04. The summed E-state index contributed by atoms with van der Waals surface area (Å²) in [5.74, 6) is 1.27. The molecule has 0 spiro atoms. The Morgan fingerprint density at radius 2 is 1.90 bits per heavy atom. The van der Waals surface area contributed by atoms with Crippen LogP contribution in [0.3, 0.4) is 0 Å². The van der Waals surface area contributed by atoms with Crippen molar-refractivity contribution in [3.05, 3.63) is 88.6 Å². The highest BCUT2D eigenvalue weighted by Crippen LogP contribution is 2.34. The first kappa shape index (κ1) is 20.8. The van der Waals surface area contributed by atoms with E-state index in [0.29, 0.717) is 30.2 Å². The summed E-state index contributed by atoms with van der Waals surface area (Å²) in [6.45, 7) is -0.0963. The molecule has 30 heavy (non-hydrogen) atoms. The van der Waals surface area contributed by atoms with E-state index in [2.05, 4.69) is 4.98 Å². The fourth-order valence-electron chi connectivity index (χ4n) is 3.68. The van der Waals surface area contributed by atoms with Crippen molar-refractivity contribution < 1.29 is 19.7 Å². The molecule has 0 bridgehead atoms. The average molecular weight is 426 g/mol. The molecule has 3 unspecified atom stereocenters. The van der Waals surface area contributed by atoms with Crippen molar-refractivity contribution in [1.82, 2.24) is 4.98 Å². The number of aromatic nitrogens is 1. The number of rotatable bonds is 6. The van der Waals surface area contributed by atoms with Crippen LogP contribution in [0.5, 0.6) is 11.6 Å². The molecule has 156 valence electrons. The Hall–Kier alpha value is -2.44. The zero-order valence-corrected chi connectivity index (χ0v) is 17.2. The highest BCUT2D eigenvalue weighted by molar-refractivity contribution is 6.31. The molecule has 6 heteroatoms. The van der Waals surface area contributed by atoms with Crippen molar-refractivity contribution in [1.29, 1.82) is 0 Å². The summed E-state index contributed by atoms with van der Waals surface area (Å²) in [5, 5.41) is 20.2. The summed E-state index contributed by atoms with van der Waals surface area (Å²) >= 11 is 6.45. The van der Waals surface area contributed by atoms with Crippen molar-refractivity contribution in [3.63, 3.8) is 0 Å². The van der Waals surface area contributed by atoms with Gasteiger partial charge in [-0.2, -0.15) is 0 Å². The van der Waals surface area contributed by atoms with Gasteiger partial charge in [0.25, 0.3) is 0 Å². The van der Waals surface area contributed by atoms with Gasteiger partial charge >= 0.3 is 0 Å². The maximum Gasteiger partial charge on any atom is 0.219 e. The van der Waals surface area contributed by atoms with Gasteiger partial charge in [0, 0.05) is 30.1 Å². The van der Waals surface area contributed by atoms with Gasteiger partial charge < -0.3 is 19.7 Å². The number of hydrogen-bond acceptors (Lipinski definition) is 5. The summed E-state index contributed by atoms with van der Waals surface area (Å²) < 4.78 is 11.7. The molecule has 0 radical (unpaired) electrons. The smallest absolute Gasteiger partial charge is 0.219 e. The predicted octanol–water partition coefficient (Wildman–Crippen LogP) is 4.69. The van der Waals surface area contributed by atoms with E-state index in [-0.39, 0.29) is 18.8 Å². The maximum atomic E-state index is 10.1. The molecule has 5 nitrogen and oxygen atoms in total. The number of benzene rings is 2. The Morgan fingerprint density at radius 1 is 1.07 bits per heavy atom. The van der Waals surface area contributed by atoms with Gasteiger partial charge in [0.05, 0.1) is 24.9 Å². The van der Waals surface area contributed by atoms with Gasteiger partial charge in [-0.05, 0) is 47.4 Å². The predicted molar refractivity (Wildman–Crippen MR) is 115 cm³/mol. The minimum absolute atomic E-state index is 0.0963. The minimum Gasteiger partial charge on any atom is -0.439 e. The average Bonchev–Trinajstić information content (AvgIpc) is 2.77. The largest absolute Gasteiger partial charge is 0.439 e. The Labute approximate surface area is 180 Å². The lowest BCUT2D eigenvalue weighted by Crippen LogP contribution is -2.33. The molecule has 0 aliphatic carbocycles. The van der Waals surface area contributed by atoms with E-state index >= 15 is 0 Å². The normalized spacial score (nSPS) is 21.4. The molecule has 0 saturated carbocycles. The van der Waals surface area contributed by atoms with Crippen LogP contribution in [-0.4, -0.2) is 34.0 Å². The topological polar surface area (TPSA) is 71.8 Å². The quantitative estimate of drug-likeness (QED) is 0.599. The summed E-state index contributed by atoms with van der Waals surface area (Å²) in [4.78, 5) is 4.16. The Bertz CT molecular complexity index is 965. The van der Waals surface area contributed by atoms with E-state index in [9.17, 15) is 10.2 Å². The lowest BCUT2D eigenvalue weighted by atomic mass is 9.94. The zero-order chi connectivity index (χ0) is 20.9. The van der Waals surface area contributed by atoms with E-state index in [4.69, 9.17) is 21.1 Å². The molecule has 1 fully saturated rings. The van der Waals surface area contributed by atoms with Gasteiger partial charge in [-0.15, -0.1) is 0 Å². The monoisotopic (exact) mass is 425 g/mol. The summed E-state index contributed by atoms with van der Waals surface area (Å²) in [7, 11) is 0. The Kier molecular flexibility index (Phi) is 6.65. The van der Waals surface area contributed by atoms with Crippen molar-refractivity contribution in [2.75, 3.05) is 6.61 Å². The van der Waals surface area contributed by atoms with Gasteiger partial charge in [0.2, 0.25) is 5.88 Å². The first-order valence-electron chi connectivity index (χ1n) is 10.0. The molecule has 2 aromatic carbocycles. The molecular formula is C24H24ClNO4. The Balaban J connectivity index is 1.47. The SMILES string of the molecule is OCC1CC(O)CC(c2ccc(Cl)c(Cc3ccc(Oc4ccccn4)cc3)c2)O1. The van der Waals surface area contributed by atoms with Crippen molar-refractivity contribution in [2.24, 2.45) is 0 Å². The third-order valence-electron chi connectivity index (χ3n) is 5.20. The number of hydrogen-bond donors (Lipinski definition) is 2. The number of halogens is 1. The molecule has 2 heterocycles. The number of ether oxygens (including phenoxy) is 2. The molecule has 4 rings (SSSR count). The third-order valence-corrected chi connectivity index (χ3v) is 5.57. The second kappa shape index (κ2) is 9.58. The van der Waals surface area contributed by atoms with Crippen LogP contribution in [0.1, 0.15) is 35.6 Å². The minimum atomic E-state index is -0.480. The number of nitrogens with zero attached hydrogens (tertiary/aromatic N) is 1. The van der Waals surface area contributed by atoms with Crippen LogP contribution in [0.15, 0.2) is 66.9 Å². The van der Waals surface area contributed by atoms with Crippen LogP contribution in [0.4, 0.5) is 0 Å². The van der Waals surface area contributed by atoms with Crippen molar-refractivity contribution >= 4 is 11.6 Å². The van der Waals surface area contributed by atoms with Crippen LogP contribution in [0.25, 0.3) is 0 Å². The number of aliphatic hydroxyl groups is 2. The van der Waals surface area contributed by atoms with Gasteiger partial charge in [0.15, 0.2) is 0 Å². The van der Waals surface area contributed by atoms with Crippen molar-refractivity contribution in [2.45, 2.75) is 37.6 Å². The molecule has 3 aromatic rings. The molecular weight excluding hydrogens is 402 g/mol. The fraction of sp³-hybridized carbons (Fsp3) is 0.292. The van der Waals surface area contributed by atoms with Crippen LogP contribution < -0.4 is 4.74 Å². The van der Waals surface area contributed by atoms with Crippen LogP contribution in [0.2, 0.25) is 5.02 Å². The molecule has 3 atom stereocenters. The third kappa shape index (κ3) is 5.18. The fourth-order valence-corrected chi connectivity index (χ4v) is 3.86. The van der Waals surface area contributed by atoms with Crippen LogP contribution >= 0.6 is 11.6 Å². The lowest BCUT2D eigenvalue weighted by molar-refractivity contribution is -0.113. The molecule has 1 saturated heterocycles. The molecule has 1 aliphatic heterocycles. The van der Waals surface area contributed by atoms with E-state index in [1.54, 1.807) is 6.20 Å².